The second-order valence-electron chi connectivity index (χ2n) is 8.72. The second kappa shape index (κ2) is 10.5. The van der Waals surface area contributed by atoms with Crippen LogP contribution >= 0.6 is 11.3 Å². The number of H-pyrrole nitrogens is 1. The van der Waals surface area contributed by atoms with E-state index in [9.17, 15) is 15.0 Å². The van der Waals surface area contributed by atoms with Gasteiger partial charge in [-0.3, -0.25) is 10.2 Å². The van der Waals surface area contributed by atoms with Crippen molar-refractivity contribution in [2.75, 3.05) is 13.1 Å². The minimum Gasteiger partial charge on any atom is -0.504 e. The number of thiazole rings is 1. The fraction of sp³-hybridized carbons (Fsp3) is 0.480. The molecule has 2 aromatic carbocycles. The molecule has 0 saturated heterocycles. The van der Waals surface area contributed by atoms with E-state index in [0.717, 1.165) is 66.5 Å². The summed E-state index contributed by atoms with van der Waals surface area (Å²) in [5.41, 5.74) is 7.82. The molecule has 1 atom stereocenters. The smallest absolute Gasteiger partial charge is 0.305 e. The van der Waals surface area contributed by atoms with Crippen LogP contribution in [0.2, 0.25) is 0 Å². The molecule has 32 heavy (non-hydrogen) atoms. The van der Waals surface area contributed by atoms with Crippen molar-refractivity contribution < 1.29 is 10.2 Å². The predicted octanol–water partition coefficient (Wildman–Crippen LogP) is 4.49. The number of nitrogens with one attached hydrogen (secondary N) is 2. The summed E-state index contributed by atoms with van der Waals surface area (Å²) in [6, 6.07) is 10.1. The summed E-state index contributed by atoms with van der Waals surface area (Å²) in [6.07, 6.45) is 8.35. The Balaban J connectivity index is 1.40. The van der Waals surface area contributed by atoms with Gasteiger partial charge < -0.3 is 15.2 Å². The van der Waals surface area contributed by atoms with Crippen LogP contribution in [0.1, 0.15) is 55.7 Å². The zero-order valence-electron chi connectivity index (χ0n) is 18.7. The fourth-order valence-corrected chi connectivity index (χ4v) is 5.38. The van der Waals surface area contributed by atoms with Crippen molar-refractivity contribution in [1.29, 1.82) is 0 Å². The van der Waals surface area contributed by atoms with Crippen LogP contribution in [-0.2, 0) is 19.3 Å². The molecule has 1 aliphatic rings. The van der Waals surface area contributed by atoms with Gasteiger partial charge in [0.1, 0.15) is 0 Å². The maximum Gasteiger partial charge on any atom is 0.305 e. The maximum absolute atomic E-state index is 11.6. The molecule has 0 fully saturated rings. The molecular formula is C25H33N3O3S. The van der Waals surface area contributed by atoms with Crippen LogP contribution in [0.4, 0.5) is 0 Å². The molecule has 0 radical (unpaired) electrons. The Bertz CT molecular complexity index is 1110. The summed E-state index contributed by atoms with van der Waals surface area (Å²) in [5.74, 6) is 0.0194. The van der Waals surface area contributed by atoms with E-state index in [1.54, 1.807) is 6.07 Å². The molecule has 3 aromatic rings. The van der Waals surface area contributed by atoms with Gasteiger partial charge in [-0.2, -0.15) is 0 Å². The molecule has 4 N–H and O–H groups in total. The highest BCUT2D eigenvalue weighted by Gasteiger charge is 2.26. The number of hydrogen-bond donors (Lipinski definition) is 4. The zero-order valence-corrected chi connectivity index (χ0v) is 19.5. The van der Waals surface area contributed by atoms with Crippen molar-refractivity contribution in [1.82, 2.24) is 15.4 Å². The van der Waals surface area contributed by atoms with E-state index in [2.05, 4.69) is 34.5 Å². The van der Waals surface area contributed by atoms with E-state index in [0.29, 0.717) is 6.04 Å². The van der Waals surface area contributed by atoms with Gasteiger partial charge in [-0.15, -0.1) is 0 Å². The van der Waals surface area contributed by atoms with Crippen LogP contribution in [0, 0.1) is 0 Å². The van der Waals surface area contributed by atoms with Crippen LogP contribution < -0.4 is 10.3 Å². The van der Waals surface area contributed by atoms with Crippen molar-refractivity contribution in [3.8, 4) is 11.5 Å². The Morgan fingerprint density at radius 3 is 2.91 bits per heavy atom. The Hall–Kier alpha value is -2.35. The van der Waals surface area contributed by atoms with E-state index >= 15 is 0 Å². The molecule has 1 aromatic heterocycles. The van der Waals surface area contributed by atoms with Gasteiger partial charge >= 0.3 is 4.87 Å². The monoisotopic (exact) mass is 455 g/mol. The summed E-state index contributed by atoms with van der Waals surface area (Å²) in [6.45, 7) is 4.06. The topological polar surface area (TPSA) is 88.6 Å². The highest BCUT2D eigenvalue weighted by atomic mass is 32.1. The normalized spacial score (nSPS) is 16.0. The van der Waals surface area contributed by atoms with Gasteiger partial charge in [-0.25, -0.2) is 5.01 Å². The third-order valence-corrected chi connectivity index (χ3v) is 7.31. The lowest BCUT2D eigenvalue weighted by atomic mass is 9.87. The van der Waals surface area contributed by atoms with Gasteiger partial charge in [0.2, 0.25) is 0 Å². The minimum absolute atomic E-state index is 0.00883. The molecule has 0 saturated carbocycles. The van der Waals surface area contributed by atoms with Gasteiger partial charge in [0, 0.05) is 24.7 Å². The number of aromatic hydroxyl groups is 2. The molecule has 0 spiro atoms. The number of unbranched alkanes of at least 4 members (excludes halogenated alkanes) is 3. The fourth-order valence-electron chi connectivity index (χ4n) is 4.67. The summed E-state index contributed by atoms with van der Waals surface area (Å²) in [7, 11) is 0. The van der Waals surface area contributed by atoms with Crippen LogP contribution in [0.25, 0.3) is 10.2 Å². The van der Waals surface area contributed by atoms with Crippen molar-refractivity contribution in [2.24, 2.45) is 0 Å². The van der Waals surface area contributed by atoms with Crippen LogP contribution in [-0.4, -0.2) is 39.3 Å². The highest BCUT2D eigenvalue weighted by molar-refractivity contribution is 7.16. The molecule has 7 heteroatoms. The molecule has 1 aliphatic carbocycles. The van der Waals surface area contributed by atoms with Crippen LogP contribution in [0.5, 0.6) is 11.5 Å². The molecule has 172 valence electrons. The number of phenolic OH excluding ortho intramolecular Hbond substituents is 2. The number of benzene rings is 2. The highest BCUT2D eigenvalue weighted by Crippen LogP contribution is 2.36. The van der Waals surface area contributed by atoms with E-state index < -0.39 is 0 Å². The largest absolute Gasteiger partial charge is 0.504 e. The lowest BCUT2D eigenvalue weighted by Crippen LogP contribution is -2.49. The predicted molar refractivity (Wildman–Crippen MR) is 131 cm³/mol. The quantitative estimate of drug-likeness (QED) is 0.206. The molecule has 4 rings (SSSR count). The average molecular weight is 456 g/mol. The van der Waals surface area contributed by atoms with Crippen molar-refractivity contribution in [2.45, 2.75) is 64.3 Å². The lowest BCUT2D eigenvalue weighted by Gasteiger charge is -2.36. The van der Waals surface area contributed by atoms with Gasteiger partial charge in [0.25, 0.3) is 0 Å². The number of hydrogen-bond acceptors (Lipinski definition) is 6. The van der Waals surface area contributed by atoms with Gasteiger partial charge in [-0.05, 0) is 61.4 Å². The first-order valence-corrected chi connectivity index (χ1v) is 12.5. The number of hydrazine groups is 1. The van der Waals surface area contributed by atoms with Crippen molar-refractivity contribution >= 4 is 21.6 Å². The minimum atomic E-state index is -0.0271. The summed E-state index contributed by atoms with van der Waals surface area (Å²) < 4.78 is 0.999. The van der Waals surface area contributed by atoms with Crippen LogP contribution in [0.15, 0.2) is 35.1 Å². The Morgan fingerprint density at radius 1 is 1.19 bits per heavy atom. The maximum atomic E-state index is 11.6. The van der Waals surface area contributed by atoms with Gasteiger partial charge in [-0.1, -0.05) is 49.7 Å². The standard InChI is InChI=1S/C25H33N3O3S/c1-2-3-4-5-14-28(19-8-9-20-18(16-19)7-10-22(29)24(20)30)26-13-12-17-6-11-23-21(15-17)27-25(31)32-23/h6-7,10-11,15,19,26,29-30H,2-5,8-9,12-14,16H2,1H3,(H,27,31). The average Bonchev–Trinajstić information content (AvgIpc) is 3.17. The third-order valence-electron chi connectivity index (χ3n) is 6.45. The summed E-state index contributed by atoms with van der Waals surface area (Å²) >= 11 is 1.25. The van der Waals surface area contributed by atoms with Crippen LogP contribution in [0.3, 0.4) is 0 Å². The number of fused-ring (bicyclic) bond motifs is 2. The second-order valence-corrected chi connectivity index (χ2v) is 9.74. The lowest BCUT2D eigenvalue weighted by molar-refractivity contribution is 0.109. The summed E-state index contributed by atoms with van der Waals surface area (Å²) in [4.78, 5) is 14.5. The van der Waals surface area contributed by atoms with E-state index in [-0.39, 0.29) is 16.4 Å². The Morgan fingerprint density at radius 2 is 2.06 bits per heavy atom. The van der Waals surface area contributed by atoms with E-state index in [1.807, 2.05) is 12.1 Å². The number of aromatic amines is 1. The third kappa shape index (κ3) is 5.34. The van der Waals surface area contributed by atoms with Crippen molar-refractivity contribution in [3.63, 3.8) is 0 Å². The molecule has 0 aliphatic heterocycles. The zero-order chi connectivity index (χ0) is 22.5. The Labute approximate surface area is 192 Å². The van der Waals surface area contributed by atoms with E-state index in [4.69, 9.17) is 0 Å². The SMILES string of the molecule is CCCCCCN(NCCc1ccc2sc(=O)[nH]c2c1)C1CCc2c(ccc(O)c2O)C1. The molecule has 1 unspecified atom stereocenters. The van der Waals surface area contributed by atoms with Gasteiger partial charge in [0.15, 0.2) is 11.5 Å². The number of phenols is 2. The van der Waals surface area contributed by atoms with E-state index in [1.165, 1.54) is 36.2 Å². The first-order valence-electron chi connectivity index (χ1n) is 11.7. The number of nitrogens with zero attached hydrogens (tertiary/aromatic N) is 1. The van der Waals surface area contributed by atoms with Gasteiger partial charge in [0.05, 0.1) is 10.2 Å². The first-order chi connectivity index (χ1) is 15.5. The molecule has 0 amide bonds. The number of aromatic nitrogens is 1. The number of rotatable bonds is 10. The molecule has 0 bridgehead atoms. The first kappa shape index (κ1) is 22.8. The van der Waals surface area contributed by atoms with Crippen molar-refractivity contribution in [3.05, 3.63) is 56.7 Å². The molecule has 1 heterocycles. The Kier molecular flexibility index (Phi) is 7.50. The molecule has 6 nitrogen and oxygen atoms in total. The summed E-state index contributed by atoms with van der Waals surface area (Å²) in [5, 5.41) is 22.4. The molecular weight excluding hydrogens is 422 g/mol.